The molecule has 1 atom stereocenters. The largest absolute Gasteiger partial charge is 0.383 e. The zero-order valence-electron chi connectivity index (χ0n) is 14.9. The Balaban J connectivity index is 1.62. The zero-order chi connectivity index (χ0) is 18.5. The van der Waals surface area contributed by atoms with Crippen molar-refractivity contribution in [3.8, 4) is 11.1 Å². The molecule has 2 aromatic rings. The second kappa shape index (κ2) is 8.14. The van der Waals surface area contributed by atoms with Gasteiger partial charge in [-0.15, -0.1) is 0 Å². The summed E-state index contributed by atoms with van der Waals surface area (Å²) in [5.74, 6) is -0.582. The van der Waals surface area contributed by atoms with Crippen LogP contribution in [0.4, 0.5) is 0 Å². The predicted octanol–water partition coefficient (Wildman–Crippen LogP) is 1.08. The molecule has 2 heterocycles. The maximum atomic E-state index is 12.3. The van der Waals surface area contributed by atoms with Gasteiger partial charge in [-0.3, -0.25) is 14.3 Å². The number of aliphatic hydroxyl groups excluding tert-OH is 1. The van der Waals surface area contributed by atoms with Crippen molar-refractivity contribution in [2.45, 2.75) is 31.9 Å². The normalized spacial score (nSPS) is 17.8. The molecule has 7 nitrogen and oxygen atoms in total. The highest BCUT2D eigenvalue weighted by atomic mass is 16.3. The van der Waals surface area contributed by atoms with Crippen molar-refractivity contribution in [1.82, 2.24) is 20.0 Å². The fourth-order valence-electron chi connectivity index (χ4n) is 3.18. The molecule has 0 radical (unpaired) electrons. The van der Waals surface area contributed by atoms with Crippen molar-refractivity contribution in [1.29, 1.82) is 0 Å². The van der Waals surface area contributed by atoms with Gasteiger partial charge < -0.3 is 15.3 Å². The maximum absolute atomic E-state index is 12.3. The lowest BCUT2D eigenvalue weighted by atomic mass is 10.0. The number of carbonyl (C=O) groups is 2. The number of rotatable bonds is 5. The van der Waals surface area contributed by atoms with E-state index in [1.165, 1.54) is 4.90 Å². The summed E-state index contributed by atoms with van der Waals surface area (Å²) in [7, 11) is 1.86. The molecule has 1 aromatic carbocycles. The molecule has 3 rings (SSSR count). The molecular formula is C19H24N4O3. The van der Waals surface area contributed by atoms with Gasteiger partial charge in [0.05, 0.1) is 12.7 Å². The summed E-state index contributed by atoms with van der Waals surface area (Å²) in [5, 5.41) is 16.9. The molecule has 1 aliphatic heterocycles. The Morgan fingerprint density at radius 2 is 2.15 bits per heavy atom. The first kappa shape index (κ1) is 18.1. The van der Waals surface area contributed by atoms with E-state index in [1.54, 1.807) is 10.9 Å². The second-order valence-electron chi connectivity index (χ2n) is 6.61. The predicted molar refractivity (Wildman–Crippen MR) is 96.9 cm³/mol. The summed E-state index contributed by atoms with van der Waals surface area (Å²) in [6.07, 6.45) is 4.80. The summed E-state index contributed by atoms with van der Waals surface area (Å²) in [5.41, 5.74) is 2.99. The Bertz CT molecular complexity index is 787. The third kappa shape index (κ3) is 4.29. The highest BCUT2D eigenvalue weighted by Gasteiger charge is 2.26. The Morgan fingerprint density at radius 3 is 2.92 bits per heavy atom. The number of nitrogens with one attached hydrogen (secondary N) is 1. The third-order valence-electron chi connectivity index (χ3n) is 4.60. The van der Waals surface area contributed by atoms with Crippen molar-refractivity contribution >= 4 is 11.8 Å². The van der Waals surface area contributed by atoms with Gasteiger partial charge in [0.25, 0.3) is 5.91 Å². The molecule has 2 amide bonds. The van der Waals surface area contributed by atoms with Crippen molar-refractivity contribution in [3.05, 3.63) is 42.2 Å². The van der Waals surface area contributed by atoms with Crippen LogP contribution in [0.15, 0.2) is 36.7 Å². The lowest BCUT2D eigenvalue weighted by Gasteiger charge is -2.21. The first-order valence-electron chi connectivity index (χ1n) is 8.85. The maximum Gasteiger partial charge on any atom is 0.251 e. The van der Waals surface area contributed by atoms with E-state index in [4.69, 9.17) is 0 Å². The minimum Gasteiger partial charge on any atom is -0.383 e. The van der Waals surface area contributed by atoms with Gasteiger partial charge in [-0.25, -0.2) is 0 Å². The van der Waals surface area contributed by atoms with Crippen molar-refractivity contribution in [2.75, 3.05) is 13.1 Å². The molecule has 1 fully saturated rings. The molecule has 0 spiro atoms. The van der Waals surface area contributed by atoms with E-state index < -0.39 is 6.10 Å². The molecule has 26 heavy (non-hydrogen) atoms. The first-order valence-corrected chi connectivity index (χ1v) is 8.85. The topological polar surface area (TPSA) is 87.5 Å². The van der Waals surface area contributed by atoms with Crippen LogP contribution < -0.4 is 5.32 Å². The number of aryl methyl sites for hydroxylation is 1. The van der Waals surface area contributed by atoms with Gasteiger partial charge in [0.2, 0.25) is 5.91 Å². The van der Waals surface area contributed by atoms with Gasteiger partial charge in [0.1, 0.15) is 6.10 Å². The molecule has 7 heteroatoms. The smallest absolute Gasteiger partial charge is 0.251 e. The molecule has 138 valence electrons. The van der Waals surface area contributed by atoms with Crippen LogP contribution >= 0.6 is 0 Å². The van der Waals surface area contributed by atoms with Crippen molar-refractivity contribution in [3.63, 3.8) is 0 Å². The highest BCUT2D eigenvalue weighted by molar-refractivity contribution is 5.87. The van der Waals surface area contributed by atoms with Gasteiger partial charge in [0, 0.05) is 31.9 Å². The molecule has 1 aliphatic rings. The monoisotopic (exact) mass is 356 g/mol. The molecule has 2 N–H and O–H groups in total. The van der Waals surface area contributed by atoms with Crippen LogP contribution in [0.5, 0.6) is 0 Å². The molecule has 1 aromatic heterocycles. The summed E-state index contributed by atoms with van der Waals surface area (Å²) in [6.45, 7) is 0.856. The minimum atomic E-state index is -0.989. The van der Waals surface area contributed by atoms with Crippen LogP contribution in [0.1, 0.15) is 24.8 Å². The Kier molecular flexibility index (Phi) is 5.68. The number of hydrogen-bond donors (Lipinski definition) is 2. The zero-order valence-corrected chi connectivity index (χ0v) is 14.9. The van der Waals surface area contributed by atoms with Gasteiger partial charge in [-0.05, 0) is 30.4 Å². The van der Waals surface area contributed by atoms with Crippen molar-refractivity contribution in [2.24, 2.45) is 7.05 Å². The van der Waals surface area contributed by atoms with Gasteiger partial charge in [0.15, 0.2) is 0 Å². The van der Waals surface area contributed by atoms with E-state index in [9.17, 15) is 14.7 Å². The Morgan fingerprint density at radius 1 is 1.35 bits per heavy atom. The number of benzene rings is 1. The van der Waals surface area contributed by atoms with Gasteiger partial charge in [-0.2, -0.15) is 5.10 Å². The second-order valence-corrected chi connectivity index (χ2v) is 6.61. The summed E-state index contributed by atoms with van der Waals surface area (Å²) >= 11 is 0. The lowest BCUT2D eigenvalue weighted by molar-refractivity contribution is -0.142. The third-order valence-corrected chi connectivity index (χ3v) is 4.60. The number of amides is 2. The summed E-state index contributed by atoms with van der Waals surface area (Å²) < 4.78 is 1.74. The number of carbonyl (C=O) groups excluding carboxylic acids is 2. The fourth-order valence-corrected chi connectivity index (χ4v) is 3.18. The highest BCUT2D eigenvalue weighted by Crippen LogP contribution is 2.22. The van der Waals surface area contributed by atoms with Crippen molar-refractivity contribution < 1.29 is 14.7 Å². The number of hydrogen-bond acceptors (Lipinski definition) is 4. The first-order chi connectivity index (χ1) is 12.5. The van der Waals surface area contributed by atoms with Crippen LogP contribution in [-0.2, 0) is 23.2 Å². The molecular weight excluding hydrogens is 332 g/mol. The van der Waals surface area contributed by atoms with Crippen LogP contribution in [0.25, 0.3) is 11.1 Å². The van der Waals surface area contributed by atoms with E-state index in [-0.39, 0.29) is 18.4 Å². The summed E-state index contributed by atoms with van der Waals surface area (Å²) in [6, 6.07) is 7.83. The Hall–Kier alpha value is -2.67. The number of aliphatic hydroxyl groups is 1. The minimum absolute atomic E-state index is 0.0229. The van der Waals surface area contributed by atoms with E-state index in [0.717, 1.165) is 29.5 Å². The standard InChI is InChI=1S/C19H24N4O3/c1-22-12-15(11-21-22)16-7-3-2-6-14(16)10-20-18(25)13-23-9-5-4-8-17(24)19(23)26/h2-3,6-7,11-12,17,24H,4-5,8-10,13H2,1H3,(H,20,25). The van der Waals surface area contributed by atoms with Gasteiger partial charge in [-0.1, -0.05) is 24.3 Å². The molecule has 0 saturated carbocycles. The molecule has 1 unspecified atom stereocenters. The van der Waals surface area contributed by atoms with E-state index in [2.05, 4.69) is 10.4 Å². The van der Waals surface area contributed by atoms with E-state index in [0.29, 0.717) is 19.5 Å². The van der Waals surface area contributed by atoms with Crippen LogP contribution in [-0.4, -0.2) is 50.8 Å². The molecule has 1 saturated heterocycles. The van der Waals surface area contributed by atoms with Gasteiger partial charge >= 0.3 is 0 Å². The SMILES string of the molecule is Cn1cc(-c2ccccc2CNC(=O)CN2CCCCC(O)C2=O)cn1. The van der Waals surface area contributed by atoms with E-state index in [1.807, 2.05) is 37.5 Å². The molecule has 0 bridgehead atoms. The van der Waals surface area contributed by atoms with E-state index >= 15 is 0 Å². The fraction of sp³-hybridized carbons (Fsp3) is 0.421. The number of nitrogens with zero attached hydrogens (tertiary/aromatic N) is 3. The number of likely N-dealkylation sites (tertiary alicyclic amines) is 1. The quantitative estimate of drug-likeness (QED) is 0.839. The lowest BCUT2D eigenvalue weighted by Crippen LogP contribution is -2.44. The number of aromatic nitrogens is 2. The van der Waals surface area contributed by atoms with Crippen LogP contribution in [0.2, 0.25) is 0 Å². The average Bonchev–Trinajstić information content (AvgIpc) is 3.01. The average molecular weight is 356 g/mol. The Labute approximate surface area is 152 Å². The summed E-state index contributed by atoms with van der Waals surface area (Å²) in [4.78, 5) is 25.8. The molecule has 0 aliphatic carbocycles. The van der Waals surface area contributed by atoms with Crippen LogP contribution in [0, 0.1) is 0 Å². The van der Waals surface area contributed by atoms with Crippen LogP contribution in [0.3, 0.4) is 0 Å².